The molecule has 0 aliphatic carbocycles. The maximum absolute atomic E-state index is 11.7. The Morgan fingerprint density at radius 2 is 0.973 bits per heavy atom. The van der Waals surface area contributed by atoms with Crippen LogP contribution < -0.4 is 5.49 Å². The second kappa shape index (κ2) is 9.57. The van der Waals surface area contributed by atoms with Gasteiger partial charge in [-0.25, -0.2) is 4.99 Å². The summed E-state index contributed by atoms with van der Waals surface area (Å²) in [6.07, 6.45) is 0.975. The molecule has 0 fully saturated rings. The molecule has 0 saturated heterocycles. The number of rotatable bonds is 8. The van der Waals surface area contributed by atoms with Crippen LogP contribution in [0, 0.1) is 60.7 Å². The van der Waals surface area contributed by atoms with Crippen molar-refractivity contribution in [2.24, 2.45) is 4.99 Å². The maximum atomic E-state index is 11.7. The van der Waals surface area contributed by atoms with E-state index in [4.69, 9.17) is 0 Å². The summed E-state index contributed by atoms with van der Waals surface area (Å²) in [5.74, 6) is 0. The van der Waals surface area contributed by atoms with Crippen molar-refractivity contribution >= 4 is 39.8 Å². The van der Waals surface area contributed by atoms with E-state index >= 15 is 0 Å². The Morgan fingerprint density at radius 3 is 1.35 bits per heavy atom. The van der Waals surface area contributed by atoms with Crippen molar-refractivity contribution in [1.82, 2.24) is 4.57 Å². The Labute approximate surface area is 200 Å². The zero-order chi connectivity index (χ0) is 27.6. The molecule has 2 aromatic carbocycles. The van der Waals surface area contributed by atoms with Crippen LogP contribution in [-0.2, 0) is 0 Å². The fraction of sp³-hybridized carbons (Fsp3) is 0. The van der Waals surface area contributed by atoms with Gasteiger partial charge in [-0.05, 0) is 12.1 Å². The van der Waals surface area contributed by atoms with Crippen LogP contribution in [0.1, 0.15) is 0 Å². The molecule has 0 amide bonds. The Kier molecular flexibility index (Phi) is 6.57. The molecule has 0 bridgehead atoms. The van der Waals surface area contributed by atoms with Crippen molar-refractivity contribution in [2.75, 3.05) is 0 Å². The molecule has 3 rings (SSSR count). The van der Waals surface area contributed by atoms with E-state index in [1.165, 1.54) is 12.1 Å². The molecule has 3 aromatic rings. The third-order valence-corrected chi connectivity index (χ3v) is 4.62. The zero-order valence-electron chi connectivity index (χ0n) is 17.6. The van der Waals surface area contributed by atoms with E-state index in [0.717, 1.165) is 12.3 Å². The van der Waals surface area contributed by atoms with Crippen LogP contribution in [0.4, 0.5) is 39.8 Å². The van der Waals surface area contributed by atoms with Crippen molar-refractivity contribution in [1.29, 1.82) is 0 Å². The lowest BCUT2D eigenvalue weighted by molar-refractivity contribution is -0.402. The van der Waals surface area contributed by atoms with Gasteiger partial charge in [0.25, 0.3) is 11.4 Å². The topological polar surface area (TPSA) is 276 Å². The van der Waals surface area contributed by atoms with E-state index in [-0.39, 0.29) is 0 Å². The van der Waals surface area contributed by atoms with Crippen molar-refractivity contribution < 1.29 is 29.5 Å². The first-order valence-corrected chi connectivity index (χ1v) is 9.28. The first-order valence-electron chi connectivity index (χ1n) is 9.28. The van der Waals surface area contributed by atoms with Crippen LogP contribution >= 0.6 is 0 Å². The van der Waals surface area contributed by atoms with E-state index in [2.05, 4.69) is 4.99 Å². The highest BCUT2D eigenvalue weighted by molar-refractivity contribution is 5.74. The average molecular weight is 517 g/mol. The summed E-state index contributed by atoms with van der Waals surface area (Å²) in [5.41, 5.74) is -9.02. The summed E-state index contributed by atoms with van der Waals surface area (Å²) in [6.45, 7) is 0. The maximum Gasteiger partial charge on any atom is 0.308 e. The largest absolute Gasteiger partial charge is 0.308 e. The minimum absolute atomic E-state index is 0.399. The number of nitro benzene ring substituents is 6. The monoisotopic (exact) mass is 517 g/mol. The number of hydrogen-bond acceptors (Lipinski definition) is 13. The van der Waals surface area contributed by atoms with Gasteiger partial charge in [-0.15, -0.1) is 0 Å². The number of nitrogens with zero attached hydrogens (tertiary/aromatic N) is 8. The highest BCUT2D eigenvalue weighted by Crippen LogP contribution is 2.41. The summed E-state index contributed by atoms with van der Waals surface area (Å²) >= 11 is 0. The van der Waals surface area contributed by atoms with Gasteiger partial charge < -0.3 is 0 Å². The summed E-state index contributed by atoms with van der Waals surface area (Å²) in [7, 11) is 0. The smallest absolute Gasteiger partial charge is 0.290 e. The number of benzene rings is 2. The lowest BCUT2D eigenvalue weighted by Crippen LogP contribution is -2.20. The fourth-order valence-electron chi connectivity index (χ4n) is 3.14. The van der Waals surface area contributed by atoms with Gasteiger partial charge in [-0.3, -0.25) is 65.3 Å². The van der Waals surface area contributed by atoms with Gasteiger partial charge in [0.1, 0.15) is 5.49 Å². The second-order valence-electron chi connectivity index (χ2n) is 6.75. The van der Waals surface area contributed by atoms with Crippen molar-refractivity contribution in [3.63, 3.8) is 0 Å². The molecular formula is C17H8N8O12. The molecule has 0 saturated carbocycles. The number of non-ortho nitro benzene ring substituents is 2. The van der Waals surface area contributed by atoms with E-state index in [9.17, 15) is 60.7 Å². The number of hydrogen-bond donors (Lipinski definition) is 0. The Morgan fingerprint density at radius 1 is 0.568 bits per heavy atom. The van der Waals surface area contributed by atoms with E-state index in [1.807, 2.05) is 0 Å². The minimum Gasteiger partial charge on any atom is -0.290 e. The van der Waals surface area contributed by atoms with Crippen LogP contribution in [-0.4, -0.2) is 34.1 Å². The highest BCUT2D eigenvalue weighted by Gasteiger charge is 2.33. The molecule has 0 spiro atoms. The molecule has 20 heteroatoms. The average Bonchev–Trinajstić information content (AvgIpc) is 2.82. The van der Waals surface area contributed by atoms with Gasteiger partial charge in [0.05, 0.1) is 53.8 Å². The lowest BCUT2D eigenvalue weighted by Gasteiger charge is -2.09. The van der Waals surface area contributed by atoms with Crippen LogP contribution in [0.2, 0.25) is 0 Å². The Balaban J connectivity index is 2.52. The molecule has 0 radical (unpaired) electrons. The van der Waals surface area contributed by atoms with Crippen molar-refractivity contribution in [2.45, 2.75) is 0 Å². The van der Waals surface area contributed by atoms with Crippen LogP contribution in [0.5, 0.6) is 0 Å². The molecule has 0 aliphatic heterocycles. The van der Waals surface area contributed by atoms with Crippen LogP contribution in [0.25, 0.3) is 5.69 Å². The lowest BCUT2D eigenvalue weighted by atomic mass is 10.2. The van der Waals surface area contributed by atoms with E-state index in [1.54, 1.807) is 0 Å². The number of nitro groups is 6. The summed E-state index contributed by atoms with van der Waals surface area (Å²) in [6, 6.07) is 5.11. The molecule has 1 aromatic heterocycles. The summed E-state index contributed by atoms with van der Waals surface area (Å²) in [5, 5.41) is 68.7. The predicted octanol–water partition coefficient (Wildman–Crippen LogP) is 3.16. The number of pyridine rings is 1. The van der Waals surface area contributed by atoms with Gasteiger partial charge in [0, 0.05) is 6.20 Å². The van der Waals surface area contributed by atoms with Gasteiger partial charge in [0.2, 0.25) is 11.4 Å². The standard InChI is InChI=1S/C17H8N8O12/c26-20(27)9-5-11(22(30)31)16(12(6-9)23(32)33)18-15-3-1-2-4-19(15)17-13(24(34)35)7-10(21(28)29)8-14(17)25(36)37/h1-8H/i19+1. The van der Waals surface area contributed by atoms with Gasteiger partial charge in [-0.1, -0.05) is 6.07 Å². The van der Waals surface area contributed by atoms with Crippen molar-refractivity contribution in [3.8, 4) is 5.69 Å². The van der Waals surface area contributed by atoms with Gasteiger partial charge >= 0.3 is 22.7 Å². The first kappa shape index (κ1) is 25.4. The normalized spacial score (nSPS) is 11.1. The zero-order valence-corrected chi connectivity index (χ0v) is 17.6. The van der Waals surface area contributed by atoms with E-state index < -0.39 is 80.5 Å². The Hall–Kier alpha value is -6.21. The predicted molar refractivity (Wildman–Crippen MR) is 117 cm³/mol. The summed E-state index contributed by atoms with van der Waals surface area (Å²) in [4.78, 5) is 65.6. The van der Waals surface area contributed by atoms with Gasteiger partial charge in [0.15, 0.2) is 0 Å². The fourth-order valence-corrected chi connectivity index (χ4v) is 3.14. The molecule has 188 valence electrons. The molecule has 0 unspecified atom stereocenters. The molecule has 0 atom stereocenters. The highest BCUT2D eigenvalue weighted by atomic mass is 16.6. The molecule has 1 heterocycles. The summed E-state index contributed by atoms with van der Waals surface area (Å²) < 4.78 is 0.662. The Bertz CT molecular complexity index is 1540. The molecule has 0 N–H and O–H groups in total. The minimum atomic E-state index is -1.19. The first-order chi connectivity index (χ1) is 17.3. The second-order valence-corrected chi connectivity index (χ2v) is 6.75. The molecule has 20 nitrogen and oxygen atoms in total. The molecular weight excluding hydrogens is 509 g/mol. The van der Waals surface area contributed by atoms with Crippen molar-refractivity contribution in [3.05, 3.63) is 115 Å². The number of aromatic nitrogens is 1. The molecule has 37 heavy (non-hydrogen) atoms. The van der Waals surface area contributed by atoms with Crippen LogP contribution in [0.3, 0.4) is 0 Å². The SMILES string of the molecule is O=[N+]([O-])c1cc([N+](=O)[O-])c(N=c2cccc[15n]2-c2c([N+](=O)[O-])cc([N+](=O)[O-])cc2[N+](=O)[O-])c([N+](=O)[O-])c1. The van der Waals surface area contributed by atoms with Gasteiger partial charge in [-0.2, -0.15) is 0 Å². The third-order valence-electron chi connectivity index (χ3n) is 4.62. The van der Waals surface area contributed by atoms with Crippen LogP contribution in [0.15, 0.2) is 53.7 Å². The molecule has 0 aliphatic rings. The quantitative estimate of drug-likeness (QED) is 0.307. The third kappa shape index (κ3) is 4.86. The van der Waals surface area contributed by atoms with E-state index in [0.29, 0.717) is 28.8 Å².